The number of carboxylic acids is 1. The maximum atomic E-state index is 12.2. The molecule has 9 heteroatoms. The maximum Gasteiger partial charge on any atom is 0.325 e. The predicted molar refractivity (Wildman–Crippen MR) is 95.3 cm³/mol. The Labute approximate surface area is 154 Å². The summed E-state index contributed by atoms with van der Waals surface area (Å²) in [6.45, 7) is 2.10. The zero-order chi connectivity index (χ0) is 18.7. The number of carboxylic acid groups (broad SMARTS) is 1. The number of aryl methyl sites for hydroxylation is 1. The third kappa shape index (κ3) is 4.28. The molecule has 0 spiro atoms. The zero-order valence-electron chi connectivity index (χ0n) is 13.9. The Balaban J connectivity index is 1.69. The molecule has 0 saturated carbocycles. The summed E-state index contributed by atoms with van der Waals surface area (Å²) >= 11 is 5.99. The van der Waals surface area contributed by atoms with Crippen LogP contribution in [0.15, 0.2) is 42.6 Å². The zero-order valence-corrected chi connectivity index (χ0v) is 14.6. The number of rotatable bonds is 6. The summed E-state index contributed by atoms with van der Waals surface area (Å²) in [5.41, 5.74) is 1.99. The van der Waals surface area contributed by atoms with Crippen molar-refractivity contribution in [3.8, 4) is 0 Å². The molecule has 134 valence electrons. The summed E-state index contributed by atoms with van der Waals surface area (Å²) < 4.78 is 2.94. The van der Waals surface area contributed by atoms with Crippen LogP contribution in [0.1, 0.15) is 21.7 Å². The summed E-state index contributed by atoms with van der Waals surface area (Å²) in [4.78, 5) is 22.9. The molecule has 0 aliphatic carbocycles. The molecule has 2 heterocycles. The van der Waals surface area contributed by atoms with Crippen LogP contribution in [0.2, 0.25) is 5.02 Å². The summed E-state index contributed by atoms with van der Waals surface area (Å²) in [7, 11) is 0. The average Bonchev–Trinajstić information content (AvgIpc) is 3.14. The SMILES string of the molecule is Cc1cc(NC(=O)c2ccn(CC(=O)O)n2)nn1Cc1cccc(Cl)c1. The van der Waals surface area contributed by atoms with Crippen molar-refractivity contribution in [1.82, 2.24) is 19.6 Å². The van der Waals surface area contributed by atoms with E-state index in [1.165, 1.54) is 16.9 Å². The first-order valence-electron chi connectivity index (χ1n) is 7.76. The quantitative estimate of drug-likeness (QED) is 0.690. The Morgan fingerprint density at radius 3 is 2.77 bits per heavy atom. The van der Waals surface area contributed by atoms with Crippen LogP contribution in [-0.2, 0) is 17.9 Å². The van der Waals surface area contributed by atoms with E-state index in [0.29, 0.717) is 17.4 Å². The topological polar surface area (TPSA) is 102 Å². The van der Waals surface area contributed by atoms with E-state index in [-0.39, 0.29) is 12.2 Å². The van der Waals surface area contributed by atoms with Crippen LogP contribution < -0.4 is 5.32 Å². The van der Waals surface area contributed by atoms with Gasteiger partial charge in [-0.3, -0.25) is 19.0 Å². The lowest BCUT2D eigenvalue weighted by Gasteiger charge is -2.05. The number of benzene rings is 1. The maximum absolute atomic E-state index is 12.2. The normalized spacial score (nSPS) is 10.7. The van der Waals surface area contributed by atoms with E-state index in [2.05, 4.69) is 15.5 Å². The summed E-state index contributed by atoms with van der Waals surface area (Å²) in [5.74, 6) is -1.10. The highest BCUT2D eigenvalue weighted by Gasteiger charge is 2.13. The fourth-order valence-corrected chi connectivity index (χ4v) is 2.64. The van der Waals surface area contributed by atoms with Crippen molar-refractivity contribution in [1.29, 1.82) is 0 Å². The number of nitrogens with zero attached hydrogens (tertiary/aromatic N) is 4. The van der Waals surface area contributed by atoms with Crippen LogP contribution in [-0.4, -0.2) is 36.5 Å². The molecule has 0 aliphatic heterocycles. The molecule has 0 aliphatic rings. The second-order valence-electron chi connectivity index (χ2n) is 5.70. The first-order valence-corrected chi connectivity index (χ1v) is 8.14. The van der Waals surface area contributed by atoms with Gasteiger partial charge in [0.15, 0.2) is 11.5 Å². The number of aromatic nitrogens is 4. The van der Waals surface area contributed by atoms with E-state index < -0.39 is 11.9 Å². The summed E-state index contributed by atoms with van der Waals surface area (Å²) in [6.07, 6.45) is 1.44. The molecule has 0 saturated heterocycles. The predicted octanol–water partition coefficient (Wildman–Crippen LogP) is 2.43. The minimum absolute atomic E-state index is 0.119. The van der Waals surface area contributed by atoms with Crippen LogP contribution in [0.3, 0.4) is 0 Å². The van der Waals surface area contributed by atoms with Gasteiger partial charge >= 0.3 is 5.97 Å². The van der Waals surface area contributed by atoms with E-state index in [9.17, 15) is 9.59 Å². The summed E-state index contributed by atoms with van der Waals surface area (Å²) in [6, 6.07) is 10.7. The molecule has 0 atom stereocenters. The van der Waals surface area contributed by atoms with E-state index in [0.717, 1.165) is 11.3 Å². The van der Waals surface area contributed by atoms with Crippen molar-refractivity contribution in [2.24, 2.45) is 0 Å². The number of hydrogen-bond donors (Lipinski definition) is 2. The van der Waals surface area contributed by atoms with Gasteiger partial charge in [-0.05, 0) is 30.7 Å². The van der Waals surface area contributed by atoms with Crippen LogP contribution in [0.4, 0.5) is 5.82 Å². The molecule has 1 amide bonds. The number of nitrogens with one attached hydrogen (secondary N) is 1. The fourth-order valence-electron chi connectivity index (χ4n) is 2.43. The van der Waals surface area contributed by atoms with Gasteiger partial charge in [0.2, 0.25) is 0 Å². The van der Waals surface area contributed by atoms with Gasteiger partial charge < -0.3 is 10.4 Å². The standard InChI is InChI=1S/C17H16ClN5O3/c1-11-7-15(21-23(11)9-12-3-2-4-13(18)8-12)19-17(26)14-5-6-22(20-14)10-16(24)25/h2-8H,9-10H2,1H3,(H,24,25)(H,19,21,26). The molecule has 3 rings (SSSR count). The summed E-state index contributed by atoms with van der Waals surface area (Å²) in [5, 5.41) is 20.3. The lowest BCUT2D eigenvalue weighted by atomic mass is 10.2. The molecule has 1 aromatic carbocycles. The molecular formula is C17H16ClN5O3. The molecule has 26 heavy (non-hydrogen) atoms. The number of halogens is 1. The number of carbonyl (C=O) groups excluding carboxylic acids is 1. The second kappa shape index (κ2) is 7.40. The van der Waals surface area contributed by atoms with Gasteiger partial charge in [0.1, 0.15) is 6.54 Å². The van der Waals surface area contributed by atoms with Gasteiger partial charge in [-0.25, -0.2) is 0 Å². The third-order valence-corrected chi connectivity index (χ3v) is 3.85. The molecule has 2 aromatic heterocycles. The third-order valence-electron chi connectivity index (χ3n) is 3.61. The number of carbonyl (C=O) groups is 2. The highest BCUT2D eigenvalue weighted by atomic mass is 35.5. The van der Waals surface area contributed by atoms with Gasteiger partial charge in [0.05, 0.1) is 6.54 Å². The lowest BCUT2D eigenvalue weighted by molar-refractivity contribution is -0.137. The highest BCUT2D eigenvalue weighted by molar-refractivity contribution is 6.30. The van der Waals surface area contributed by atoms with Crippen molar-refractivity contribution >= 4 is 29.3 Å². The van der Waals surface area contributed by atoms with E-state index in [1.807, 2.05) is 25.1 Å². The van der Waals surface area contributed by atoms with E-state index in [4.69, 9.17) is 16.7 Å². The Hall–Kier alpha value is -3.13. The number of aliphatic carboxylic acids is 1. The lowest BCUT2D eigenvalue weighted by Crippen LogP contribution is -2.15. The van der Waals surface area contributed by atoms with Crippen molar-refractivity contribution < 1.29 is 14.7 Å². The van der Waals surface area contributed by atoms with Crippen LogP contribution in [0, 0.1) is 6.92 Å². The van der Waals surface area contributed by atoms with Gasteiger partial charge in [0.25, 0.3) is 5.91 Å². The molecular weight excluding hydrogens is 358 g/mol. The van der Waals surface area contributed by atoms with Gasteiger partial charge in [-0.1, -0.05) is 23.7 Å². The van der Waals surface area contributed by atoms with Gasteiger partial charge in [-0.2, -0.15) is 10.2 Å². The van der Waals surface area contributed by atoms with E-state index >= 15 is 0 Å². The molecule has 0 fully saturated rings. The highest BCUT2D eigenvalue weighted by Crippen LogP contribution is 2.15. The average molecular weight is 374 g/mol. The number of hydrogen-bond acceptors (Lipinski definition) is 4. The molecule has 0 radical (unpaired) electrons. The van der Waals surface area contributed by atoms with Crippen LogP contribution in [0.5, 0.6) is 0 Å². The van der Waals surface area contributed by atoms with Crippen molar-refractivity contribution in [2.75, 3.05) is 5.32 Å². The Kier molecular flexibility index (Phi) is 5.04. The largest absolute Gasteiger partial charge is 0.480 e. The minimum Gasteiger partial charge on any atom is -0.480 e. The molecule has 3 aromatic rings. The second-order valence-corrected chi connectivity index (χ2v) is 6.14. The monoisotopic (exact) mass is 373 g/mol. The Bertz CT molecular complexity index is 963. The van der Waals surface area contributed by atoms with Gasteiger partial charge in [-0.15, -0.1) is 0 Å². The molecule has 0 bridgehead atoms. The van der Waals surface area contributed by atoms with Crippen molar-refractivity contribution in [3.63, 3.8) is 0 Å². The first kappa shape index (κ1) is 17.7. The van der Waals surface area contributed by atoms with Crippen LogP contribution in [0.25, 0.3) is 0 Å². The molecule has 2 N–H and O–H groups in total. The number of anilines is 1. The number of amides is 1. The van der Waals surface area contributed by atoms with E-state index in [1.54, 1.807) is 16.8 Å². The smallest absolute Gasteiger partial charge is 0.325 e. The van der Waals surface area contributed by atoms with Gasteiger partial charge in [0, 0.05) is 23.0 Å². The van der Waals surface area contributed by atoms with Crippen molar-refractivity contribution in [3.05, 3.63) is 64.6 Å². The fraction of sp³-hybridized carbons (Fsp3) is 0.176. The van der Waals surface area contributed by atoms with Crippen molar-refractivity contribution in [2.45, 2.75) is 20.0 Å². The first-order chi connectivity index (χ1) is 12.4. The minimum atomic E-state index is -1.03. The molecule has 8 nitrogen and oxygen atoms in total. The Morgan fingerprint density at radius 2 is 2.04 bits per heavy atom. The Morgan fingerprint density at radius 1 is 1.23 bits per heavy atom. The molecule has 0 unspecified atom stereocenters. The van der Waals surface area contributed by atoms with Crippen LogP contribution >= 0.6 is 11.6 Å².